The molecule has 0 saturated heterocycles. The van der Waals surface area contributed by atoms with Gasteiger partial charge in [-0.2, -0.15) is 5.10 Å². The largest absolute Gasteiger partial charge is 0.508 e. The molecule has 0 radical (unpaired) electrons. The SMILES string of the molecule is O=C(NN=CC(c1ccccc1)c1ccccc1)c1ccc(O)cc1. The molecule has 2 N–H and O–H groups in total. The highest BCUT2D eigenvalue weighted by molar-refractivity contribution is 5.94. The van der Waals surface area contributed by atoms with Crippen LogP contribution in [-0.2, 0) is 0 Å². The van der Waals surface area contributed by atoms with Crippen LogP contribution in [0.3, 0.4) is 0 Å². The van der Waals surface area contributed by atoms with Gasteiger partial charge in [-0.1, -0.05) is 60.7 Å². The van der Waals surface area contributed by atoms with E-state index in [-0.39, 0.29) is 17.6 Å². The quantitative estimate of drug-likeness (QED) is 0.550. The van der Waals surface area contributed by atoms with Gasteiger partial charge in [0.2, 0.25) is 0 Å². The van der Waals surface area contributed by atoms with Crippen molar-refractivity contribution < 1.29 is 9.90 Å². The lowest BCUT2D eigenvalue weighted by Crippen LogP contribution is -2.18. The molecule has 3 rings (SSSR count). The van der Waals surface area contributed by atoms with Gasteiger partial charge in [-0.25, -0.2) is 5.43 Å². The van der Waals surface area contributed by atoms with E-state index in [1.807, 2.05) is 60.7 Å². The van der Waals surface area contributed by atoms with Crippen molar-refractivity contribution >= 4 is 12.1 Å². The molecule has 1 amide bonds. The molecule has 0 spiro atoms. The van der Waals surface area contributed by atoms with Crippen LogP contribution in [0.5, 0.6) is 5.75 Å². The monoisotopic (exact) mass is 330 g/mol. The third-order valence-electron chi connectivity index (χ3n) is 3.84. The molecular weight excluding hydrogens is 312 g/mol. The van der Waals surface area contributed by atoms with Gasteiger partial charge in [0, 0.05) is 17.7 Å². The Hall–Kier alpha value is -3.40. The standard InChI is InChI=1S/C21H18N2O2/c24-19-13-11-18(12-14-19)21(25)23-22-15-20(16-7-3-1-4-8-16)17-9-5-2-6-10-17/h1-15,20,24H,(H,23,25). The number of nitrogens with zero attached hydrogens (tertiary/aromatic N) is 1. The summed E-state index contributed by atoms with van der Waals surface area (Å²) >= 11 is 0. The minimum Gasteiger partial charge on any atom is -0.508 e. The van der Waals surface area contributed by atoms with Gasteiger partial charge in [-0.15, -0.1) is 0 Å². The van der Waals surface area contributed by atoms with Crippen LogP contribution in [0.4, 0.5) is 0 Å². The van der Waals surface area contributed by atoms with E-state index in [1.54, 1.807) is 18.3 Å². The van der Waals surface area contributed by atoms with Crippen LogP contribution in [0.1, 0.15) is 27.4 Å². The number of hydrogen-bond acceptors (Lipinski definition) is 3. The van der Waals surface area contributed by atoms with E-state index in [0.29, 0.717) is 5.56 Å². The molecule has 0 unspecified atom stereocenters. The van der Waals surface area contributed by atoms with E-state index in [2.05, 4.69) is 10.5 Å². The first-order valence-electron chi connectivity index (χ1n) is 7.96. The highest BCUT2D eigenvalue weighted by Gasteiger charge is 2.11. The van der Waals surface area contributed by atoms with Crippen molar-refractivity contribution in [2.45, 2.75) is 5.92 Å². The molecule has 0 bridgehead atoms. The number of carbonyl (C=O) groups excluding carboxylic acids is 1. The van der Waals surface area contributed by atoms with Gasteiger partial charge in [-0.05, 0) is 35.4 Å². The summed E-state index contributed by atoms with van der Waals surface area (Å²) in [5, 5.41) is 13.4. The fourth-order valence-electron chi connectivity index (χ4n) is 2.53. The minimum atomic E-state index is -0.323. The van der Waals surface area contributed by atoms with Crippen molar-refractivity contribution in [3.8, 4) is 5.75 Å². The Morgan fingerprint density at radius 1 is 0.840 bits per heavy atom. The molecule has 0 aliphatic heterocycles. The van der Waals surface area contributed by atoms with Gasteiger partial charge in [-0.3, -0.25) is 4.79 Å². The van der Waals surface area contributed by atoms with E-state index in [4.69, 9.17) is 0 Å². The van der Waals surface area contributed by atoms with Crippen LogP contribution in [0.2, 0.25) is 0 Å². The van der Waals surface area contributed by atoms with Gasteiger partial charge < -0.3 is 5.11 Å². The van der Waals surface area contributed by atoms with Gasteiger partial charge in [0.05, 0.1) is 0 Å². The number of benzene rings is 3. The van der Waals surface area contributed by atoms with Crippen LogP contribution in [0.15, 0.2) is 90.0 Å². The van der Waals surface area contributed by atoms with Gasteiger partial charge in [0.15, 0.2) is 0 Å². The third kappa shape index (κ3) is 4.32. The maximum absolute atomic E-state index is 12.1. The fourth-order valence-corrected chi connectivity index (χ4v) is 2.53. The summed E-state index contributed by atoms with van der Waals surface area (Å²) in [7, 11) is 0. The molecule has 4 nitrogen and oxygen atoms in total. The van der Waals surface area contributed by atoms with Gasteiger partial charge >= 0.3 is 0 Å². The second-order valence-corrected chi connectivity index (χ2v) is 5.57. The van der Waals surface area contributed by atoms with E-state index < -0.39 is 0 Å². The van der Waals surface area contributed by atoms with Crippen molar-refractivity contribution in [3.05, 3.63) is 102 Å². The molecule has 0 saturated carbocycles. The predicted molar refractivity (Wildman–Crippen MR) is 98.8 cm³/mol. The number of hydrazone groups is 1. The normalized spacial score (nSPS) is 10.9. The number of nitrogens with one attached hydrogen (secondary N) is 1. The van der Waals surface area contributed by atoms with Crippen molar-refractivity contribution in [1.29, 1.82) is 0 Å². The van der Waals surface area contributed by atoms with E-state index in [1.165, 1.54) is 12.1 Å². The molecule has 0 atom stereocenters. The maximum atomic E-state index is 12.1. The Labute approximate surface area is 146 Å². The zero-order valence-electron chi connectivity index (χ0n) is 13.5. The first-order chi connectivity index (χ1) is 12.2. The number of phenolic OH excluding ortho intramolecular Hbond substituents is 1. The van der Waals surface area contributed by atoms with Gasteiger partial charge in [0.25, 0.3) is 5.91 Å². The van der Waals surface area contributed by atoms with E-state index >= 15 is 0 Å². The second kappa shape index (κ2) is 7.93. The summed E-state index contributed by atoms with van der Waals surface area (Å²) in [4.78, 5) is 12.1. The molecule has 0 aliphatic carbocycles. The number of rotatable bonds is 5. The summed E-state index contributed by atoms with van der Waals surface area (Å²) in [5.41, 5.74) is 5.16. The lowest BCUT2D eigenvalue weighted by Gasteiger charge is -2.13. The summed E-state index contributed by atoms with van der Waals surface area (Å²) in [5.74, 6) is -0.257. The maximum Gasteiger partial charge on any atom is 0.271 e. The lowest BCUT2D eigenvalue weighted by atomic mass is 9.92. The average Bonchev–Trinajstić information content (AvgIpc) is 2.67. The Balaban J connectivity index is 1.77. The molecule has 4 heteroatoms. The Morgan fingerprint density at radius 2 is 1.36 bits per heavy atom. The number of carbonyl (C=O) groups is 1. The van der Waals surface area contributed by atoms with Crippen molar-refractivity contribution in [3.63, 3.8) is 0 Å². The van der Waals surface area contributed by atoms with Gasteiger partial charge in [0.1, 0.15) is 5.75 Å². The number of aromatic hydroxyl groups is 1. The summed E-state index contributed by atoms with van der Waals surface area (Å²) in [6.45, 7) is 0. The third-order valence-corrected chi connectivity index (χ3v) is 3.84. The van der Waals surface area contributed by atoms with Crippen LogP contribution in [-0.4, -0.2) is 17.2 Å². The predicted octanol–water partition coefficient (Wildman–Crippen LogP) is 3.94. The second-order valence-electron chi connectivity index (χ2n) is 5.57. The molecule has 0 fully saturated rings. The highest BCUT2D eigenvalue weighted by atomic mass is 16.3. The van der Waals surface area contributed by atoms with Crippen molar-refractivity contribution in [2.24, 2.45) is 5.10 Å². The summed E-state index contributed by atoms with van der Waals surface area (Å²) in [6, 6.07) is 26.0. The molecule has 25 heavy (non-hydrogen) atoms. The molecule has 3 aromatic rings. The average molecular weight is 330 g/mol. The lowest BCUT2D eigenvalue weighted by molar-refractivity contribution is 0.0955. The topological polar surface area (TPSA) is 61.7 Å². The molecule has 3 aromatic carbocycles. The molecule has 124 valence electrons. The van der Waals surface area contributed by atoms with E-state index in [0.717, 1.165) is 11.1 Å². The minimum absolute atomic E-state index is 0.0532. The first-order valence-corrected chi connectivity index (χ1v) is 7.96. The zero-order chi connectivity index (χ0) is 17.5. The Kier molecular flexibility index (Phi) is 5.22. The Bertz CT molecular complexity index is 805. The van der Waals surface area contributed by atoms with Crippen LogP contribution in [0.25, 0.3) is 0 Å². The van der Waals surface area contributed by atoms with Crippen molar-refractivity contribution in [2.75, 3.05) is 0 Å². The fraction of sp³-hybridized carbons (Fsp3) is 0.0476. The van der Waals surface area contributed by atoms with Crippen molar-refractivity contribution in [1.82, 2.24) is 5.43 Å². The zero-order valence-corrected chi connectivity index (χ0v) is 13.5. The van der Waals surface area contributed by atoms with Crippen LogP contribution < -0.4 is 5.43 Å². The number of hydrogen-bond donors (Lipinski definition) is 2. The number of phenols is 1. The van der Waals surface area contributed by atoms with Crippen LogP contribution in [0, 0.1) is 0 Å². The summed E-state index contributed by atoms with van der Waals surface area (Å²) in [6.07, 6.45) is 1.73. The Morgan fingerprint density at radius 3 is 1.88 bits per heavy atom. The van der Waals surface area contributed by atoms with Crippen LogP contribution >= 0.6 is 0 Å². The van der Waals surface area contributed by atoms with E-state index in [9.17, 15) is 9.90 Å². The summed E-state index contributed by atoms with van der Waals surface area (Å²) < 4.78 is 0. The smallest absolute Gasteiger partial charge is 0.271 e. The first kappa shape index (κ1) is 16.5. The molecule has 0 aliphatic rings. The number of amides is 1. The molecular formula is C21H18N2O2. The molecule has 0 aromatic heterocycles. The highest BCUT2D eigenvalue weighted by Crippen LogP contribution is 2.22. The molecule has 0 heterocycles.